The Morgan fingerprint density at radius 3 is 2.70 bits per heavy atom. The lowest BCUT2D eigenvalue weighted by Gasteiger charge is -2.19. The van der Waals surface area contributed by atoms with Gasteiger partial charge in [-0.2, -0.15) is 0 Å². The molecule has 33 heavy (non-hydrogen) atoms. The monoisotopic (exact) mass is 445 g/mol. The quantitative estimate of drug-likeness (QED) is 0.458. The van der Waals surface area contributed by atoms with E-state index in [4.69, 9.17) is 13.9 Å². The van der Waals surface area contributed by atoms with Crippen molar-refractivity contribution in [2.75, 3.05) is 13.7 Å². The summed E-state index contributed by atoms with van der Waals surface area (Å²) in [6.07, 6.45) is 7.93. The summed E-state index contributed by atoms with van der Waals surface area (Å²) in [4.78, 5) is 17.3. The van der Waals surface area contributed by atoms with Crippen molar-refractivity contribution in [3.8, 4) is 11.5 Å². The first-order valence-corrected chi connectivity index (χ1v) is 11.2. The van der Waals surface area contributed by atoms with Gasteiger partial charge in [-0.15, -0.1) is 0 Å². The molecule has 1 aliphatic carbocycles. The molecule has 1 unspecified atom stereocenters. The highest BCUT2D eigenvalue weighted by atomic mass is 16.5. The van der Waals surface area contributed by atoms with E-state index in [1.54, 1.807) is 13.3 Å². The van der Waals surface area contributed by atoms with Crippen LogP contribution >= 0.6 is 0 Å². The summed E-state index contributed by atoms with van der Waals surface area (Å²) in [5, 5.41) is 4.15. The number of rotatable bonds is 7. The summed E-state index contributed by atoms with van der Waals surface area (Å²) in [5.41, 5.74) is 3.07. The third kappa shape index (κ3) is 4.31. The summed E-state index contributed by atoms with van der Waals surface area (Å²) in [6.45, 7) is -0.0946. The van der Waals surface area contributed by atoms with Gasteiger partial charge in [-0.05, 0) is 55.2 Å². The molecule has 0 aliphatic heterocycles. The molecule has 7 heteroatoms. The maximum Gasteiger partial charge on any atom is 0.258 e. The molecule has 4 aromatic rings. The van der Waals surface area contributed by atoms with Crippen molar-refractivity contribution >= 4 is 16.9 Å². The molecule has 0 saturated carbocycles. The number of benzene rings is 2. The molecule has 1 atom stereocenters. The van der Waals surface area contributed by atoms with Crippen molar-refractivity contribution in [3.05, 3.63) is 77.6 Å². The third-order valence-corrected chi connectivity index (χ3v) is 6.17. The van der Waals surface area contributed by atoms with Crippen molar-refractivity contribution in [1.82, 2.24) is 14.9 Å². The van der Waals surface area contributed by atoms with Crippen molar-refractivity contribution in [2.45, 2.75) is 31.7 Å². The maximum atomic E-state index is 12.9. The van der Waals surface area contributed by atoms with Crippen LogP contribution in [0.2, 0.25) is 0 Å². The topological polar surface area (TPSA) is 78.5 Å². The number of amides is 1. The smallest absolute Gasteiger partial charge is 0.258 e. The summed E-state index contributed by atoms with van der Waals surface area (Å²) >= 11 is 0. The Morgan fingerprint density at radius 1 is 1.15 bits per heavy atom. The molecular formula is C26H27N3O4. The molecule has 0 fully saturated rings. The van der Waals surface area contributed by atoms with Crippen LogP contribution in [-0.2, 0) is 24.7 Å². The molecule has 0 bridgehead atoms. The number of nitrogens with one attached hydrogen (secondary N) is 1. The Bertz CT molecular complexity index is 1270. The maximum absolute atomic E-state index is 12.9. The summed E-state index contributed by atoms with van der Waals surface area (Å²) < 4.78 is 19.0. The number of aromatic nitrogens is 2. The van der Waals surface area contributed by atoms with Crippen LogP contribution in [0, 0.1) is 0 Å². The van der Waals surface area contributed by atoms with Gasteiger partial charge in [-0.1, -0.05) is 12.1 Å². The molecule has 0 radical (unpaired) electrons. The van der Waals surface area contributed by atoms with Crippen LogP contribution in [0.3, 0.4) is 0 Å². The van der Waals surface area contributed by atoms with Gasteiger partial charge in [0.25, 0.3) is 5.91 Å². The molecule has 2 heterocycles. The Balaban J connectivity index is 1.31. The number of methoxy groups -OCH3 is 1. The van der Waals surface area contributed by atoms with Crippen LogP contribution in [0.15, 0.2) is 59.3 Å². The van der Waals surface area contributed by atoms with Gasteiger partial charge in [0.1, 0.15) is 34.7 Å². The number of hydrogen-bond donors (Lipinski definition) is 1. The fourth-order valence-corrected chi connectivity index (χ4v) is 4.43. The fourth-order valence-electron chi connectivity index (χ4n) is 4.43. The Labute approximate surface area is 192 Å². The average molecular weight is 446 g/mol. The number of imidazole rings is 1. The molecular weight excluding hydrogens is 418 g/mol. The molecule has 5 rings (SSSR count). The van der Waals surface area contributed by atoms with Gasteiger partial charge in [-0.25, -0.2) is 4.98 Å². The lowest BCUT2D eigenvalue weighted by atomic mass is 9.96. The first-order chi connectivity index (χ1) is 16.1. The Morgan fingerprint density at radius 2 is 1.94 bits per heavy atom. The van der Waals surface area contributed by atoms with Crippen molar-refractivity contribution in [1.29, 1.82) is 0 Å². The summed E-state index contributed by atoms with van der Waals surface area (Å²) in [7, 11) is 3.53. The first-order valence-electron chi connectivity index (χ1n) is 11.2. The van der Waals surface area contributed by atoms with Gasteiger partial charge >= 0.3 is 0 Å². The number of hydrogen-bond acceptors (Lipinski definition) is 5. The SMILES string of the molecule is COc1ccc(C(NC(=O)COc2ccc3oc4c(c3c2)CCCC4)c2nccn2C)cc1. The van der Waals surface area contributed by atoms with Crippen LogP contribution in [0.25, 0.3) is 11.0 Å². The average Bonchev–Trinajstić information content (AvgIpc) is 3.44. The van der Waals surface area contributed by atoms with E-state index in [0.29, 0.717) is 5.75 Å². The van der Waals surface area contributed by atoms with Crippen LogP contribution in [0.4, 0.5) is 0 Å². The molecule has 1 amide bonds. The van der Waals surface area contributed by atoms with E-state index in [9.17, 15) is 4.79 Å². The molecule has 7 nitrogen and oxygen atoms in total. The van der Waals surface area contributed by atoms with Crippen molar-refractivity contribution in [3.63, 3.8) is 0 Å². The Hall–Kier alpha value is -3.74. The van der Waals surface area contributed by atoms with E-state index in [-0.39, 0.29) is 12.5 Å². The predicted octanol–water partition coefficient (Wildman–Crippen LogP) is 4.34. The largest absolute Gasteiger partial charge is 0.497 e. The van der Waals surface area contributed by atoms with E-state index >= 15 is 0 Å². The van der Waals surface area contributed by atoms with Gasteiger partial charge in [0, 0.05) is 36.8 Å². The molecule has 1 N–H and O–H groups in total. The minimum Gasteiger partial charge on any atom is -0.497 e. The predicted molar refractivity (Wildman–Crippen MR) is 125 cm³/mol. The van der Waals surface area contributed by atoms with Crippen molar-refractivity contribution in [2.24, 2.45) is 7.05 Å². The molecule has 2 aromatic carbocycles. The zero-order chi connectivity index (χ0) is 22.8. The second kappa shape index (κ2) is 9.02. The number of fused-ring (bicyclic) bond motifs is 3. The van der Waals surface area contributed by atoms with Crippen LogP contribution < -0.4 is 14.8 Å². The first kappa shape index (κ1) is 21.1. The van der Waals surface area contributed by atoms with E-state index in [1.807, 2.05) is 60.3 Å². The Kier molecular flexibility index (Phi) is 5.77. The van der Waals surface area contributed by atoms with Gasteiger partial charge in [0.15, 0.2) is 6.61 Å². The highest BCUT2D eigenvalue weighted by Gasteiger charge is 2.22. The normalized spacial score (nSPS) is 14.0. The van der Waals surface area contributed by atoms with Crippen LogP contribution in [-0.4, -0.2) is 29.2 Å². The summed E-state index contributed by atoms with van der Waals surface area (Å²) in [6, 6.07) is 12.9. The highest BCUT2D eigenvalue weighted by molar-refractivity contribution is 5.84. The second-order valence-electron chi connectivity index (χ2n) is 8.33. The minimum atomic E-state index is -0.407. The standard InChI is InChI=1S/C26H27N3O4/c1-29-14-13-27-26(29)25(17-7-9-18(31-2)10-8-17)28-24(30)16-32-19-11-12-23-21(15-19)20-5-3-4-6-22(20)33-23/h7-15,25H,3-6,16H2,1-2H3,(H,28,30). The molecule has 1 aliphatic rings. The number of carbonyl (C=O) groups excluding carboxylic acids is 1. The van der Waals surface area contributed by atoms with E-state index in [0.717, 1.165) is 46.7 Å². The zero-order valence-corrected chi connectivity index (χ0v) is 18.8. The molecule has 2 aromatic heterocycles. The minimum absolute atomic E-state index is 0.0946. The number of ether oxygens (including phenoxy) is 2. The van der Waals surface area contributed by atoms with Gasteiger partial charge in [0.2, 0.25) is 0 Å². The highest BCUT2D eigenvalue weighted by Crippen LogP contribution is 2.34. The number of aryl methyl sites for hydroxylation is 3. The van der Waals surface area contributed by atoms with Gasteiger partial charge in [0.05, 0.1) is 7.11 Å². The van der Waals surface area contributed by atoms with Crippen LogP contribution in [0.1, 0.15) is 41.6 Å². The van der Waals surface area contributed by atoms with Gasteiger partial charge in [-0.3, -0.25) is 4.79 Å². The van der Waals surface area contributed by atoms with E-state index < -0.39 is 6.04 Å². The van der Waals surface area contributed by atoms with Gasteiger partial charge < -0.3 is 23.8 Å². The number of furan rings is 1. The number of nitrogens with zero attached hydrogens (tertiary/aromatic N) is 2. The summed E-state index contributed by atoms with van der Waals surface area (Å²) in [5.74, 6) is 3.00. The molecule has 170 valence electrons. The van der Waals surface area contributed by atoms with E-state index in [1.165, 1.54) is 18.4 Å². The molecule has 0 saturated heterocycles. The van der Waals surface area contributed by atoms with Crippen molar-refractivity contribution < 1.29 is 18.7 Å². The number of carbonyl (C=O) groups is 1. The third-order valence-electron chi connectivity index (χ3n) is 6.17. The van der Waals surface area contributed by atoms with Crippen LogP contribution in [0.5, 0.6) is 11.5 Å². The zero-order valence-electron chi connectivity index (χ0n) is 18.8. The van der Waals surface area contributed by atoms with E-state index in [2.05, 4.69) is 10.3 Å². The fraction of sp³-hybridized carbons (Fsp3) is 0.308. The lowest BCUT2D eigenvalue weighted by molar-refractivity contribution is -0.123. The second-order valence-corrected chi connectivity index (χ2v) is 8.33. The lowest BCUT2D eigenvalue weighted by Crippen LogP contribution is -2.34. The molecule has 0 spiro atoms.